The summed E-state index contributed by atoms with van der Waals surface area (Å²) >= 11 is 0. The Balaban J connectivity index is 2.49. The lowest BCUT2D eigenvalue weighted by Gasteiger charge is -2.08. The summed E-state index contributed by atoms with van der Waals surface area (Å²) in [6.07, 6.45) is 3.44. The predicted octanol–water partition coefficient (Wildman–Crippen LogP) is 1.21. The highest BCUT2D eigenvalue weighted by Gasteiger charge is 2.04. The van der Waals surface area contributed by atoms with E-state index >= 15 is 0 Å². The third-order valence-corrected chi connectivity index (χ3v) is 1.81. The molecule has 1 aromatic rings. The summed E-state index contributed by atoms with van der Waals surface area (Å²) < 4.78 is 1.95. The van der Waals surface area contributed by atoms with Gasteiger partial charge >= 0.3 is 0 Å². The van der Waals surface area contributed by atoms with Crippen LogP contribution in [0.15, 0.2) is 19.0 Å². The monoisotopic (exact) mass is 194 g/mol. The Morgan fingerprint density at radius 2 is 2.43 bits per heavy atom. The summed E-state index contributed by atoms with van der Waals surface area (Å²) in [6, 6.07) is 0. The average Bonchev–Trinajstić information content (AvgIpc) is 2.52. The normalized spacial score (nSPS) is 10.8. The molecule has 0 radical (unpaired) electrons. The van der Waals surface area contributed by atoms with E-state index in [1.807, 2.05) is 10.8 Å². The van der Waals surface area contributed by atoms with Crippen LogP contribution in [0.4, 0.5) is 0 Å². The second kappa shape index (κ2) is 5.54. The minimum Gasteiger partial charge on any atom is -0.306 e. The van der Waals surface area contributed by atoms with Crippen molar-refractivity contribution in [3.63, 3.8) is 0 Å². The Morgan fingerprint density at radius 1 is 1.64 bits per heavy atom. The molecule has 0 fully saturated rings. The molecule has 0 saturated carbocycles. The first kappa shape index (κ1) is 10.9. The molecule has 0 aliphatic heterocycles. The molecule has 1 N–H and O–H groups in total. The summed E-state index contributed by atoms with van der Waals surface area (Å²) in [5, 5.41) is 7.38. The van der Waals surface area contributed by atoms with Crippen molar-refractivity contribution in [1.82, 2.24) is 20.1 Å². The standard InChI is InChI=1S/C10H18N4/c1-4-5-11-6-10-12-8-13-14(10)7-9(2)3/h4,8-9,11H,1,5-7H2,2-3H3. The molecule has 1 aromatic heterocycles. The quantitative estimate of drug-likeness (QED) is 0.547. The maximum Gasteiger partial charge on any atom is 0.140 e. The van der Waals surface area contributed by atoms with E-state index in [4.69, 9.17) is 0 Å². The lowest BCUT2D eigenvalue weighted by atomic mass is 10.2. The molecule has 0 amide bonds. The van der Waals surface area contributed by atoms with E-state index in [0.29, 0.717) is 5.92 Å². The molecule has 0 aliphatic rings. The van der Waals surface area contributed by atoms with Crippen molar-refractivity contribution in [3.8, 4) is 0 Å². The molecule has 0 saturated heterocycles. The molecular weight excluding hydrogens is 176 g/mol. The highest BCUT2D eigenvalue weighted by molar-refractivity contribution is 4.85. The topological polar surface area (TPSA) is 42.7 Å². The van der Waals surface area contributed by atoms with Gasteiger partial charge in [0.15, 0.2) is 0 Å². The largest absolute Gasteiger partial charge is 0.306 e. The van der Waals surface area contributed by atoms with E-state index in [1.54, 1.807) is 6.33 Å². The fourth-order valence-corrected chi connectivity index (χ4v) is 1.21. The molecule has 4 nitrogen and oxygen atoms in total. The van der Waals surface area contributed by atoms with Crippen LogP contribution >= 0.6 is 0 Å². The van der Waals surface area contributed by atoms with E-state index < -0.39 is 0 Å². The van der Waals surface area contributed by atoms with Gasteiger partial charge in [-0.3, -0.25) is 0 Å². The summed E-state index contributed by atoms with van der Waals surface area (Å²) in [6.45, 7) is 10.5. The van der Waals surface area contributed by atoms with Crippen molar-refractivity contribution in [1.29, 1.82) is 0 Å². The molecule has 78 valence electrons. The number of hydrogen-bond donors (Lipinski definition) is 1. The van der Waals surface area contributed by atoms with E-state index in [2.05, 4.69) is 35.8 Å². The number of nitrogens with zero attached hydrogens (tertiary/aromatic N) is 3. The minimum absolute atomic E-state index is 0.592. The van der Waals surface area contributed by atoms with Gasteiger partial charge in [-0.05, 0) is 5.92 Å². The second-order valence-corrected chi connectivity index (χ2v) is 3.67. The van der Waals surface area contributed by atoms with Crippen LogP contribution in [0.1, 0.15) is 19.7 Å². The third-order valence-electron chi connectivity index (χ3n) is 1.81. The van der Waals surface area contributed by atoms with Crippen LogP contribution in [0.3, 0.4) is 0 Å². The van der Waals surface area contributed by atoms with Gasteiger partial charge in [0.1, 0.15) is 12.2 Å². The van der Waals surface area contributed by atoms with Gasteiger partial charge in [0.05, 0.1) is 6.54 Å². The molecule has 0 aromatic carbocycles. The zero-order chi connectivity index (χ0) is 10.4. The van der Waals surface area contributed by atoms with Gasteiger partial charge in [0.2, 0.25) is 0 Å². The number of aromatic nitrogens is 3. The SMILES string of the molecule is C=CCNCc1ncnn1CC(C)C. The Kier molecular flexibility index (Phi) is 4.32. The zero-order valence-electron chi connectivity index (χ0n) is 8.90. The molecular formula is C10H18N4. The molecule has 0 atom stereocenters. The van der Waals surface area contributed by atoms with Gasteiger partial charge in [-0.25, -0.2) is 9.67 Å². The van der Waals surface area contributed by atoms with Crippen LogP contribution in [-0.4, -0.2) is 21.3 Å². The highest BCUT2D eigenvalue weighted by Crippen LogP contribution is 2.00. The summed E-state index contributed by atoms with van der Waals surface area (Å²) in [4.78, 5) is 4.20. The molecule has 1 heterocycles. The molecule has 0 bridgehead atoms. The lowest BCUT2D eigenvalue weighted by molar-refractivity contribution is 0.460. The van der Waals surface area contributed by atoms with Gasteiger partial charge in [0.25, 0.3) is 0 Å². The number of hydrogen-bond acceptors (Lipinski definition) is 3. The van der Waals surface area contributed by atoms with Gasteiger partial charge in [0, 0.05) is 13.1 Å². The molecule has 0 unspecified atom stereocenters. The fraction of sp³-hybridized carbons (Fsp3) is 0.600. The van der Waals surface area contributed by atoms with Crippen LogP contribution in [0.2, 0.25) is 0 Å². The van der Waals surface area contributed by atoms with Crippen molar-refractivity contribution < 1.29 is 0 Å². The maximum atomic E-state index is 4.20. The zero-order valence-corrected chi connectivity index (χ0v) is 8.90. The van der Waals surface area contributed by atoms with Crippen molar-refractivity contribution in [2.75, 3.05) is 6.54 Å². The van der Waals surface area contributed by atoms with Crippen LogP contribution < -0.4 is 5.32 Å². The summed E-state index contributed by atoms with van der Waals surface area (Å²) in [5.74, 6) is 1.58. The average molecular weight is 194 g/mol. The summed E-state index contributed by atoms with van der Waals surface area (Å²) in [5.41, 5.74) is 0. The molecule has 14 heavy (non-hydrogen) atoms. The van der Waals surface area contributed by atoms with Gasteiger partial charge < -0.3 is 5.32 Å². The van der Waals surface area contributed by atoms with Crippen LogP contribution in [0.25, 0.3) is 0 Å². The third kappa shape index (κ3) is 3.30. The van der Waals surface area contributed by atoms with Crippen molar-refractivity contribution in [2.24, 2.45) is 5.92 Å². The van der Waals surface area contributed by atoms with Crippen molar-refractivity contribution >= 4 is 0 Å². The first-order valence-electron chi connectivity index (χ1n) is 4.92. The first-order chi connectivity index (χ1) is 6.74. The smallest absolute Gasteiger partial charge is 0.140 e. The Hall–Kier alpha value is -1.16. The molecule has 0 spiro atoms. The molecule has 0 aliphatic carbocycles. The lowest BCUT2D eigenvalue weighted by Crippen LogP contribution is -2.18. The van der Waals surface area contributed by atoms with E-state index in [0.717, 1.165) is 25.5 Å². The summed E-state index contributed by atoms with van der Waals surface area (Å²) in [7, 11) is 0. The van der Waals surface area contributed by atoms with Gasteiger partial charge in [-0.1, -0.05) is 19.9 Å². The number of nitrogens with one attached hydrogen (secondary N) is 1. The van der Waals surface area contributed by atoms with E-state index in [-0.39, 0.29) is 0 Å². The Morgan fingerprint density at radius 3 is 3.07 bits per heavy atom. The highest BCUT2D eigenvalue weighted by atomic mass is 15.3. The van der Waals surface area contributed by atoms with Gasteiger partial charge in [-0.15, -0.1) is 6.58 Å². The Bertz CT molecular complexity index is 277. The van der Waals surface area contributed by atoms with Crippen LogP contribution in [-0.2, 0) is 13.1 Å². The van der Waals surface area contributed by atoms with Crippen molar-refractivity contribution in [2.45, 2.75) is 26.9 Å². The molecule has 1 rings (SSSR count). The minimum atomic E-state index is 0.592. The second-order valence-electron chi connectivity index (χ2n) is 3.67. The molecule has 4 heteroatoms. The van der Waals surface area contributed by atoms with Gasteiger partial charge in [-0.2, -0.15) is 5.10 Å². The fourth-order valence-electron chi connectivity index (χ4n) is 1.21. The predicted molar refractivity (Wildman–Crippen MR) is 56.8 cm³/mol. The van der Waals surface area contributed by atoms with Crippen molar-refractivity contribution in [3.05, 3.63) is 24.8 Å². The number of rotatable bonds is 6. The van der Waals surface area contributed by atoms with E-state index in [1.165, 1.54) is 0 Å². The first-order valence-corrected chi connectivity index (χ1v) is 4.92. The van der Waals surface area contributed by atoms with E-state index in [9.17, 15) is 0 Å². The maximum absolute atomic E-state index is 4.20. The van der Waals surface area contributed by atoms with Crippen LogP contribution in [0.5, 0.6) is 0 Å². The van der Waals surface area contributed by atoms with Crippen LogP contribution in [0, 0.1) is 5.92 Å². The Labute approximate surface area is 85.0 Å².